The first-order valence-electron chi connectivity index (χ1n) is 8.25. The maximum Gasteiger partial charge on any atom is 0.308 e. The Balaban J connectivity index is 1.94. The molecule has 1 aliphatic heterocycles. The van der Waals surface area contributed by atoms with Gasteiger partial charge in [0.05, 0.1) is 5.92 Å². The third-order valence-electron chi connectivity index (χ3n) is 5.04. The van der Waals surface area contributed by atoms with Crippen LogP contribution in [0.3, 0.4) is 0 Å². The van der Waals surface area contributed by atoms with Crippen molar-refractivity contribution in [2.45, 2.75) is 64.5 Å². The van der Waals surface area contributed by atoms with Crippen molar-refractivity contribution in [2.24, 2.45) is 11.8 Å². The van der Waals surface area contributed by atoms with Crippen molar-refractivity contribution in [1.82, 2.24) is 10.2 Å². The number of aliphatic carboxylic acids is 1. The number of likely N-dealkylation sites (tertiary alicyclic amines) is 1. The molecule has 0 aromatic heterocycles. The summed E-state index contributed by atoms with van der Waals surface area (Å²) in [5.74, 6) is -1.56. The van der Waals surface area contributed by atoms with Gasteiger partial charge in [0.2, 0.25) is 11.8 Å². The molecule has 1 aliphatic carbocycles. The third-order valence-corrected chi connectivity index (χ3v) is 5.04. The van der Waals surface area contributed by atoms with Gasteiger partial charge in [0.1, 0.15) is 6.04 Å². The minimum atomic E-state index is -0.854. The summed E-state index contributed by atoms with van der Waals surface area (Å²) in [6.45, 7) is 4.03. The van der Waals surface area contributed by atoms with Crippen molar-refractivity contribution >= 4 is 17.8 Å². The van der Waals surface area contributed by atoms with E-state index < -0.39 is 17.9 Å². The van der Waals surface area contributed by atoms with Crippen molar-refractivity contribution in [3.8, 4) is 0 Å². The fourth-order valence-corrected chi connectivity index (χ4v) is 3.61. The molecule has 6 heteroatoms. The highest BCUT2D eigenvalue weighted by Crippen LogP contribution is 2.26. The first-order chi connectivity index (χ1) is 10.4. The molecule has 22 heavy (non-hydrogen) atoms. The number of carbonyl (C=O) groups is 3. The number of nitrogens with zero attached hydrogens (tertiary/aromatic N) is 1. The molecule has 2 N–H and O–H groups in total. The lowest BCUT2D eigenvalue weighted by Crippen LogP contribution is -2.55. The molecule has 1 unspecified atom stereocenters. The quantitative estimate of drug-likeness (QED) is 0.821. The number of carboxylic acids is 1. The second-order valence-corrected chi connectivity index (χ2v) is 6.57. The molecule has 124 valence electrons. The number of hydrogen-bond donors (Lipinski definition) is 2. The molecule has 1 saturated heterocycles. The zero-order valence-corrected chi connectivity index (χ0v) is 13.4. The summed E-state index contributed by atoms with van der Waals surface area (Å²) in [5.41, 5.74) is 0. The van der Waals surface area contributed by atoms with Crippen LogP contribution in [0.25, 0.3) is 0 Å². The van der Waals surface area contributed by atoms with E-state index >= 15 is 0 Å². The Morgan fingerprint density at radius 1 is 1.14 bits per heavy atom. The maximum absolute atomic E-state index is 12.5. The van der Waals surface area contributed by atoms with E-state index in [1.165, 1.54) is 0 Å². The lowest BCUT2D eigenvalue weighted by molar-refractivity contribution is -0.150. The largest absolute Gasteiger partial charge is 0.481 e. The fraction of sp³-hybridized carbons (Fsp3) is 0.812. The molecule has 0 aromatic carbocycles. The summed E-state index contributed by atoms with van der Waals surface area (Å²) in [6.07, 6.45) is 5.23. The van der Waals surface area contributed by atoms with E-state index in [1.54, 1.807) is 18.7 Å². The van der Waals surface area contributed by atoms with Gasteiger partial charge in [-0.25, -0.2) is 0 Å². The van der Waals surface area contributed by atoms with Crippen LogP contribution in [0.2, 0.25) is 0 Å². The summed E-state index contributed by atoms with van der Waals surface area (Å²) in [7, 11) is 0. The summed E-state index contributed by atoms with van der Waals surface area (Å²) in [4.78, 5) is 37.5. The molecular weight excluding hydrogens is 284 g/mol. The Kier molecular flexibility index (Phi) is 5.42. The zero-order chi connectivity index (χ0) is 16.3. The lowest BCUT2D eigenvalue weighted by atomic mass is 9.90. The van der Waals surface area contributed by atoms with Gasteiger partial charge in [-0.05, 0) is 39.5 Å². The van der Waals surface area contributed by atoms with E-state index in [4.69, 9.17) is 0 Å². The van der Waals surface area contributed by atoms with Crippen molar-refractivity contribution in [2.75, 3.05) is 6.54 Å². The Hall–Kier alpha value is -1.59. The van der Waals surface area contributed by atoms with Gasteiger partial charge < -0.3 is 15.3 Å². The SMILES string of the molecule is CC(NC(=O)C1CCCC1)C(=O)N1CCC[C@H](C(=O)O)[C@@H]1C. The highest BCUT2D eigenvalue weighted by atomic mass is 16.4. The molecular formula is C16H26N2O4. The molecule has 1 saturated carbocycles. The summed E-state index contributed by atoms with van der Waals surface area (Å²) < 4.78 is 0. The van der Waals surface area contributed by atoms with Gasteiger partial charge in [0.25, 0.3) is 0 Å². The predicted octanol–water partition coefficient (Wildman–Crippen LogP) is 1.39. The van der Waals surface area contributed by atoms with Gasteiger partial charge in [-0.1, -0.05) is 12.8 Å². The molecule has 2 rings (SSSR count). The van der Waals surface area contributed by atoms with Crippen LogP contribution < -0.4 is 5.32 Å². The number of nitrogens with one attached hydrogen (secondary N) is 1. The normalized spacial score (nSPS) is 27.5. The average molecular weight is 310 g/mol. The van der Waals surface area contributed by atoms with Crippen LogP contribution in [0.1, 0.15) is 52.4 Å². The Morgan fingerprint density at radius 3 is 2.36 bits per heavy atom. The Labute approximate surface area is 131 Å². The molecule has 2 aliphatic rings. The third kappa shape index (κ3) is 3.59. The van der Waals surface area contributed by atoms with E-state index in [9.17, 15) is 19.5 Å². The van der Waals surface area contributed by atoms with E-state index in [0.29, 0.717) is 19.4 Å². The number of carbonyl (C=O) groups excluding carboxylic acids is 2. The monoisotopic (exact) mass is 310 g/mol. The smallest absolute Gasteiger partial charge is 0.308 e. The maximum atomic E-state index is 12.5. The van der Waals surface area contributed by atoms with Gasteiger partial charge >= 0.3 is 5.97 Å². The summed E-state index contributed by atoms with van der Waals surface area (Å²) in [5, 5.41) is 12.0. The average Bonchev–Trinajstić information content (AvgIpc) is 3.00. The number of amides is 2. The summed E-state index contributed by atoms with van der Waals surface area (Å²) in [6, 6.07) is -0.923. The molecule has 0 spiro atoms. The van der Waals surface area contributed by atoms with E-state index in [2.05, 4.69) is 5.32 Å². The Bertz CT molecular complexity index is 445. The summed E-state index contributed by atoms with van der Waals surface area (Å²) >= 11 is 0. The van der Waals surface area contributed by atoms with Crippen LogP contribution in [0.4, 0.5) is 0 Å². The van der Waals surface area contributed by atoms with Gasteiger partial charge in [0, 0.05) is 18.5 Å². The highest BCUT2D eigenvalue weighted by molar-refractivity contribution is 5.89. The van der Waals surface area contributed by atoms with Crippen molar-refractivity contribution in [3.05, 3.63) is 0 Å². The van der Waals surface area contributed by atoms with Crippen LogP contribution in [0.15, 0.2) is 0 Å². The molecule has 6 nitrogen and oxygen atoms in total. The van der Waals surface area contributed by atoms with Crippen LogP contribution in [-0.4, -0.2) is 46.4 Å². The van der Waals surface area contributed by atoms with Gasteiger partial charge in [0.15, 0.2) is 0 Å². The van der Waals surface area contributed by atoms with Gasteiger partial charge in [-0.3, -0.25) is 14.4 Å². The number of rotatable bonds is 4. The van der Waals surface area contributed by atoms with E-state index in [0.717, 1.165) is 25.7 Å². The standard InChI is InChI=1S/C16H26N2O4/c1-10(17-14(19)12-6-3-4-7-12)15(20)18-9-5-8-13(11(18)2)16(21)22/h10-13H,3-9H2,1-2H3,(H,17,19)(H,21,22)/t10?,11-,13-/m0/s1. The van der Waals surface area contributed by atoms with Crippen LogP contribution >= 0.6 is 0 Å². The van der Waals surface area contributed by atoms with Crippen LogP contribution in [0, 0.1) is 11.8 Å². The second-order valence-electron chi connectivity index (χ2n) is 6.57. The minimum absolute atomic E-state index is 0.0285. The number of carboxylic acid groups (broad SMARTS) is 1. The van der Waals surface area contributed by atoms with Crippen LogP contribution in [-0.2, 0) is 14.4 Å². The van der Waals surface area contributed by atoms with Crippen molar-refractivity contribution < 1.29 is 19.5 Å². The van der Waals surface area contributed by atoms with Gasteiger partial charge in [-0.2, -0.15) is 0 Å². The molecule has 0 aromatic rings. The number of hydrogen-bond acceptors (Lipinski definition) is 3. The first kappa shape index (κ1) is 16.8. The zero-order valence-electron chi connectivity index (χ0n) is 13.4. The molecule has 0 bridgehead atoms. The van der Waals surface area contributed by atoms with E-state index in [1.807, 2.05) is 0 Å². The second kappa shape index (κ2) is 7.11. The Morgan fingerprint density at radius 2 is 1.77 bits per heavy atom. The molecule has 2 amide bonds. The number of piperidine rings is 1. The van der Waals surface area contributed by atoms with Gasteiger partial charge in [-0.15, -0.1) is 0 Å². The minimum Gasteiger partial charge on any atom is -0.481 e. The molecule has 3 atom stereocenters. The topological polar surface area (TPSA) is 86.7 Å². The molecule has 2 fully saturated rings. The first-order valence-corrected chi connectivity index (χ1v) is 8.25. The predicted molar refractivity (Wildman–Crippen MR) is 81.1 cm³/mol. The molecule has 1 heterocycles. The van der Waals surface area contributed by atoms with Crippen LogP contribution in [0.5, 0.6) is 0 Å². The van der Waals surface area contributed by atoms with Crippen molar-refractivity contribution in [1.29, 1.82) is 0 Å². The molecule has 0 radical (unpaired) electrons. The fourth-order valence-electron chi connectivity index (χ4n) is 3.61. The highest BCUT2D eigenvalue weighted by Gasteiger charge is 2.37. The lowest BCUT2D eigenvalue weighted by Gasteiger charge is -2.39. The van der Waals surface area contributed by atoms with E-state index in [-0.39, 0.29) is 23.8 Å². The van der Waals surface area contributed by atoms with Crippen molar-refractivity contribution in [3.63, 3.8) is 0 Å².